The number of amides is 1. The molecule has 22 heavy (non-hydrogen) atoms. The molecule has 3 nitrogen and oxygen atoms in total. The van der Waals surface area contributed by atoms with E-state index in [1.807, 2.05) is 18.2 Å². The molecule has 1 N–H and O–H groups in total. The largest absolute Gasteiger partial charge is 0.497 e. The Kier molecular flexibility index (Phi) is 4.21. The van der Waals surface area contributed by atoms with Crippen LogP contribution in [0.1, 0.15) is 34.5 Å². The SMILES string of the molecule is COc1ccc(Br)c(C(=O)NC2c3ccccc3CC2C)c1. The zero-order valence-electron chi connectivity index (χ0n) is 12.6. The van der Waals surface area contributed by atoms with Crippen LogP contribution in [0.4, 0.5) is 0 Å². The van der Waals surface area contributed by atoms with Gasteiger partial charge in [-0.2, -0.15) is 0 Å². The maximum Gasteiger partial charge on any atom is 0.253 e. The van der Waals surface area contributed by atoms with Crippen molar-refractivity contribution in [2.75, 3.05) is 7.11 Å². The van der Waals surface area contributed by atoms with Gasteiger partial charge in [0.05, 0.1) is 18.7 Å². The van der Waals surface area contributed by atoms with Gasteiger partial charge in [-0.1, -0.05) is 31.2 Å². The van der Waals surface area contributed by atoms with Crippen molar-refractivity contribution in [2.45, 2.75) is 19.4 Å². The average molecular weight is 360 g/mol. The van der Waals surface area contributed by atoms with Crippen molar-refractivity contribution in [3.05, 3.63) is 63.6 Å². The van der Waals surface area contributed by atoms with Crippen LogP contribution in [0.2, 0.25) is 0 Å². The lowest BCUT2D eigenvalue weighted by atomic mass is 10.0. The van der Waals surface area contributed by atoms with Crippen LogP contribution in [0.5, 0.6) is 5.75 Å². The molecule has 1 aliphatic rings. The number of methoxy groups -OCH3 is 1. The Bertz CT molecular complexity index is 714. The molecule has 0 saturated heterocycles. The number of fused-ring (bicyclic) bond motifs is 1. The second-order valence-corrected chi connectivity index (χ2v) is 6.53. The standard InChI is InChI=1S/C18H18BrNO2/c1-11-9-12-5-3-4-6-14(12)17(11)20-18(21)15-10-13(22-2)7-8-16(15)19/h3-8,10-11,17H,9H2,1-2H3,(H,20,21). The summed E-state index contributed by atoms with van der Waals surface area (Å²) in [7, 11) is 1.60. The van der Waals surface area contributed by atoms with Crippen molar-refractivity contribution in [2.24, 2.45) is 5.92 Å². The van der Waals surface area contributed by atoms with Crippen molar-refractivity contribution in [3.63, 3.8) is 0 Å². The van der Waals surface area contributed by atoms with Crippen LogP contribution in [0.3, 0.4) is 0 Å². The predicted molar refractivity (Wildman–Crippen MR) is 90.2 cm³/mol. The highest BCUT2D eigenvalue weighted by Gasteiger charge is 2.30. The third-order valence-electron chi connectivity index (χ3n) is 4.21. The van der Waals surface area contributed by atoms with Gasteiger partial charge in [0, 0.05) is 4.47 Å². The predicted octanol–water partition coefficient (Wildman–Crippen LogP) is 4.12. The normalized spacial score (nSPS) is 19.6. The third-order valence-corrected chi connectivity index (χ3v) is 4.90. The summed E-state index contributed by atoms with van der Waals surface area (Å²) in [6, 6.07) is 13.8. The molecule has 0 aliphatic heterocycles. The zero-order valence-corrected chi connectivity index (χ0v) is 14.2. The summed E-state index contributed by atoms with van der Waals surface area (Å²) in [4.78, 5) is 12.6. The van der Waals surface area contributed by atoms with Crippen LogP contribution in [-0.2, 0) is 6.42 Å². The van der Waals surface area contributed by atoms with Gasteiger partial charge >= 0.3 is 0 Å². The first kappa shape index (κ1) is 15.1. The van der Waals surface area contributed by atoms with Gasteiger partial charge in [-0.25, -0.2) is 0 Å². The summed E-state index contributed by atoms with van der Waals surface area (Å²) >= 11 is 3.44. The number of ether oxygens (including phenoxy) is 1. The number of rotatable bonds is 3. The molecule has 2 unspecified atom stereocenters. The van der Waals surface area contributed by atoms with Crippen molar-refractivity contribution < 1.29 is 9.53 Å². The number of carbonyl (C=O) groups is 1. The van der Waals surface area contributed by atoms with E-state index in [0.717, 1.165) is 10.9 Å². The van der Waals surface area contributed by atoms with Crippen molar-refractivity contribution >= 4 is 21.8 Å². The highest BCUT2D eigenvalue weighted by molar-refractivity contribution is 9.10. The van der Waals surface area contributed by atoms with Gasteiger partial charge in [0.2, 0.25) is 0 Å². The molecule has 1 aliphatic carbocycles. The monoisotopic (exact) mass is 359 g/mol. The smallest absolute Gasteiger partial charge is 0.253 e. The average Bonchev–Trinajstić information content (AvgIpc) is 2.84. The number of hydrogen-bond acceptors (Lipinski definition) is 2. The molecule has 114 valence electrons. The second kappa shape index (κ2) is 6.13. The Labute approximate surface area is 138 Å². The maximum absolute atomic E-state index is 12.6. The minimum Gasteiger partial charge on any atom is -0.497 e. The van der Waals surface area contributed by atoms with E-state index in [4.69, 9.17) is 4.74 Å². The first-order valence-corrected chi connectivity index (χ1v) is 8.11. The van der Waals surface area contributed by atoms with Gasteiger partial charge in [-0.05, 0) is 57.6 Å². The number of carbonyl (C=O) groups excluding carboxylic acids is 1. The van der Waals surface area contributed by atoms with E-state index in [1.165, 1.54) is 11.1 Å². The maximum atomic E-state index is 12.6. The lowest BCUT2D eigenvalue weighted by Gasteiger charge is -2.19. The highest BCUT2D eigenvalue weighted by atomic mass is 79.9. The van der Waals surface area contributed by atoms with E-state index >= 15 is 0 Å². The molecule has 2 aromatic carbocycles. The van der Waals surface area contributed by atoms with Gasteiger partial charge in [0.25, 0.3) is 5.91 Å². The van der Waals surface area contributed by atoms with Gasteiger partial charge in [-0.3, -0.25) is 4.79 Å². The highest BCUT2D eigenvalue weighted by Crippen LogP contribution is 2.36. The van der Waals surface area contributed by atoms with Crippen LogP contribution < -0.4 is 10.1 Å². The van der Waals surface area contributed by atoms with Gasteiger partial charge in [-0.15, -0.1) is 0 Å². The molecule has 4 heteroatoms. The molecule has 2 atom stereocenters. The molecule has 0 aromatic heterocycles. The molecular formula is C18H18BrNO2. The van der Waals surface area contributed by atoms with E-state index in [-0.39, 0.29) is 11.9 Å². The van der Waals surface area contributed by atoms with E-state index in [2.05, 4.69) is 46.4 Å². The zero-order chi connectivity index (χ0) is 15.7. The molecule has 1 amide bonds. The Hall–Kier alpha value is -1.81. The molecule has 0 spiro atoms. The van der Waals surface area contributed by atoms with Gasteiger partial charge < -0.3 is 10.1 Å². The Morgan fingerprint density at radius 1 is 1.27 bits per heavy atom. The van der Waals surface area contributed by atoms with Crippen LogP contribution >= 0.6 is 15.9 Å². The second-order valence-electron chi connectivity index (χ2n) is 5.68. The minimum atomic E-state index is -0.0840. The fourth-order valence-electron chi connectivity index (χ4n) is 3.04. The topological polar surface area (TPSA) is 38.3 Å². The third kappa shape index (κ3) is 2.75. The molecular weight excluding hydrogens is 342 g/mol. The Morgan fingerprint density at radius 3 is 2.82 bits per heavy atom. The molecule has 2 aromatic rings. The van der Waals surface area contributed by atoms with E-state index in [0.29, 0.717) is 17.2 Å². The molecule has 0 fully saturated rings. The molecule has 0 heterocycles. The Balaban J connectivity index is 1.86. The van der Waals surface area contributed by atoms with Gasteiger partial charge in [0.15, 0.2) is 0 Å². The van der Waals surface area contributed by atoms with Crippen molar-refractivity contribution in [1.82, 2.24) is 5.32 Å². The number of nitrogens with one attached hydrogen (secondary N) is 1. The lowest BCUT2D eigenvalue weighted by Crippen LogP contribution is -2.30. The van der Waals surface area contributed by atoms with E-state index in [9.17, 15) is 4.79 Å². The molecule has 0 saturated carbocycles. The van der Waals surface area contributed by atoms with E-state index in [1.54, 1.807) is 13.2 Å². The first-order chi connectivity index (χ1) is 10.6. The summed E-state index contributed by atoms with van der Waals surface area (Å²) in [5.41, 5.74) is 3.14. The molecule has 3 rings (SSSR count). The van der Waals surface area contributed by atoms with E-state index < -0.39 is 0 Å². The fraction of sp³-hybridized carbons (Fsp3) is 0.278. The lowest BCUT2D eigenvalue weighted by molar-refractivity contribution is 0.0926. The van der Waals surface area contributed by atoms with Crippen LogP contribution in [0.15, 0.2) is 46.9 Å². The summed E-state index contributed by atoms with van der Waals surface area (Å²) in [6.45, 7) is 2.17. The quantitative estimate of drug-likeness (QED) is 0.894. The van der Waals surface area contributed by atoms with Crippen molar-refractivity contribution in [3.8, 4) is 5.75 Å². The van der Waals surface area contributed by atoms with Crippen LogP contribution in [-0.4, -0.2) is 13.0 Å². The van der Waals surface area contributed by atoms with Crippen LogP contribution in [0, 0.1) is 5.92 Å². The minimum absolute atomic E-state index is 0.0572. The van der Waals surface area contributed by atoms with Gasteiger partial charge in [0.1, 0.15) is 5.75 Å². The number of hydrogen-bond donors (Lipinski definition) is 1. The first-order valence-electron chi connectivity index (χ1n) is 7.32. The number of benzene rings is 2. The molecule has 0 bridgehead atoms. The Morgan fingerprint density at radius 2 is 2.05 bits per heavy atom. The van der Waals surface area contributed by atoms with Crippen LogP contribution in [0.25, 0.3) is 0 Å². The summed E-state index contributed by atoms with van der Waals surface area (Å²) < 4.78 is 5.97. The molecule has 0 radical (unpaired) electrons. The van der Waals surface area contributed by atoms with Crippen molar-refractivity contribution in [1.29, 1.82) is 0 Å². The summed E-state index contributed by atoms with van der Waals surface area (Å²) in [5, 5.41) is 3.17. The summed E-state index contributed by atoms with van der Waals surface area (Å²) in [5.74, 6) is 0.985. The fourth-order valence-corrected chi connectivity index (χ4v) is 3.47. The number of halogens is 1. The summed E-state index contributed by atoms with van der Waals surface area (Å²) in [6.07, 6.45) is 1.00.